The molecular weight excluding hydrogens is 500 g/mol. The van der Waals surface area contributed by atoms with Crippen LogP contribution in [0.15, 0.2) is 84.9 Å². The molecule has 0 N–H and O–H groups in total. The van der Waals surface area contributed by atoms with Gasteiger partial charge in [0.25, 0.3) is 0 Å². The molecule has 1 aromatic heterocycles. The molecule has 0 saturated carbocycles. The lowest BCUT2D eigenvalue weighted by atomic mass is 9.89. The Balaban J connectivity index is 1.34. The summed E-state index contributed by atoms with van der Waals surface area (Å²) in [6.45, 7) is 3.96. The molecule has 1 fully saturated rings. The molecule has 7 heteroatoms. The Bertz CT molecular complexity index is 1420. The van der Waals surface area contributed by atoms with Crippen LogP contribution in [0.5, 0.6) is 5.75 Å². The van der Waals surface area contributed by atoms with Gasteiger partial charge in [0.2, 0.25) is 5.91 Å². The molecule has 0 aliphatic carbocycles. The number of hydrogen-bond acceptors (Lipinski definition) is 6. The van der Waals surface area contributed by atoms with Gasteiger partial charge in [0, 0.05) is 43.6 Å². The van der Waals surface area contributed by atoms with Gasteiger partial charge >= 0.3 is 0 Å². The fourth-order valence-corrected chi connectivity index (χ4v) is 5.72. The first-order valence-corrected chi connectivity index (χ1v) is 13.9. The highest BCUT2D eigenvalue weighted by molar-refractivity contribution is 5.87. The first kappa shape index (κ1) is 26.0. The van der Waals surface area contributed by atoms with Crippen LogP contribution < -0.4 is 9.64 Å². The molecule has 1 amide bonds. The summed E-state index contributed by atoms with van der Waals surface area (Å²) in [5.74, 6) is 2.28. The van der Waals surface area contributed by atoms with Crippen LogP contribution in [0.4, 0.5) is 5.82 Å². The fourth-order valence-electron chi connectivity index (χ4n) is 5.72. The Hall–Kier alpha value is -4.23. The standard InChI is InChI=1S/C33H34N4O3/c1-39-29-15-9-8-14-26(29)22-30-34-28-16-17-37(23-27(28)32(35-30)36-18-20-40-21-19-36)33(38)31(24-10-4-2-5-11-24)25-12-6-3-7-13-25/h2-15,31H,16-23H2,1H3. The molecule has 0 bridgehead atoms. The quantitative estimate of drug-likeness (QED) is 0.345. The van der Waals surface area contributed by atoms with Gasteiger partial charge in [-0.05, 0) is 17.2 Å². The summed E-state index contributed by atoms with van der Waals surface area (Å²) in [5.41, 5.74) is 5.13. The molecule has 204 valence electrons. The molecule has 0 spiro atoms. The number of para-hydroxylation sites is 1. The lowest BCUT2D eigenvalue weighted by Crippen LogP contribution is -2.42. The molecule has 0 radical (unpaired) electrons. The normalized spacial score (nSPS) is 15.2. The number of ether oxygens (including phenoxy) is 2. The smallest absolute Gasteiger partial charge is 0.234 e. The minimum atomic E-state index is -0.360. The van der Waals surface area contributed by atoms with Crippen molar-refractivity contribution in [3.63, 3.8) is 0 Å². The number of anilines is 1. The predicted molar refractivity (Wildman–Crippen MR) is 155 cm³/mol. The molecule has 1 saturated heterocycles. The van der Waals surface area contributed by atoms with E-state index in [1.807, 2.05) is 83.8 Å². The van der Waals surface area contributed by atoms with Gasteiger partial charge in [-0.1, -0.05) is 78.9 Å². The number of rotatable bonds is 7. The summed E-state index contributed by atoms with van der Waals surface area (Å²) in [6.07, 6.45) is 1.28. The SMILES string of the molecule is COc1ccccc1Cc1nc2c(c(N3CCOCC3)n1)CN(C(=O)C(c1ccccc1)c1ccccc1)CC2. The van der Waals surface area contributed by atoms with Gasteiger partial charge in [0.1, 0.15) is 17.4 Å². The first-order chi connectivity index (χ1) is 19.7. The number of morpholine rings is 1. The van der Waals surface area contributed by atoms with Crippen LogP contribution in [-0.2, 0) is 28.9 Å². The lowest BCUT2D eigenvalue weighted by molar-refractivity contribution is -0.132. The summed E-state index contributed by atoms with van der Waals surface area (Å²) < 4.78 is 11.2. The van der Waals surface area contributed by atoms with Gasteiger partial charge in [0.15, 0.2) is 0 Å². The number of aromatic nitrogens is 2. The van der Waals surface area contributed by atoms with Gasteiger partial charge in [-0.15, -0.1) is 0 Å². The van der Waals surface area contributed by atoms with Gasteiger partial charge in [-0.25, -0.2) is 9.97 Å². The molecule has 7 nitrogen and oxygen atoms in total. The van der Waals surface area contributed by atoms with Crippen molar-refractivity contribution in [3.8, 4) is 5.75 Å². The average molecular weight is 535 g/mol. The van der Waals surface area contributed by atoms with E-state index in [0.29, 0.717) is 39.1 Å². The molecule has 6 rings (SSSR count). The summed E-state index contributed by atoms with van der Waals surface area (Å²) in [6, 6.07) is 28.1. The molecule has 40 heavy (non-hydrogen) atoms. The third-order valence-corrected chi connectivity index (χ3v) is 7.76. The van der Waals surface area contributed by atoms with Crippen LogP contribution in [-0.4, -0.2) is 60.7 Å². The maximum atomic E-state index is 14.2. The van der Waals surface area contributed by atoms with E-state index in [2.05, 4.69) is 11.0 Å². The second-order valence-corrected chi connectivity index (χ2v) is 10.2. The van der Waals surface area contributed by atoms with Crippen molar-refractivity contribution in [1.82, 2.24) is 14.9 Å². The van der Waals surface area contributed by atoms with Crippen molar-refractivity contribution < 1.29 is 14.3 Å². The zero-order valence-corrected chi connectivity index (χ0v) is 22.8. The molecular formula is C33H34N4O3. The van der Waals surface area contributed by atoms with Gasteiger partial charge < -0.3 is 19.3 Å². The Kier molecular flexibility index (Phi) is 7.73. The van der Waals surface area contributed by atoms with Crippen molar-refractivity contribution in [2.75, 3.05) is 44.9 Å². The van der Waals surface area contributed by atoms with E-state index in [1.54, 1.807) is 7.11 Å². The minimum Gasteiger partial charge on any atom is -0.496 e. The van der Waals surface area contributed by atoms with E-state index < -0.39 is 0 Å². The van der Waals surface area contributed by atoms with Gasteiger partial charge in [-0.2, -0.15) is 0 Å². The van der Waals surface area contributed by atoms with Crippen LogP contribution in [0.2, 0.25) is 0 Å². The van der Waals surface area contributed by atoms with E-state index >= 15 is 0 Å². The third kappa shape index (κ3) is 5.42. The zero-order chi connectivity index (χ0) is 27.3. The Morgan fingerprint density at radius 3 is 2.20 bits per heavy atom. The largest absolute Gasteiger partial charge is 0.496 e. The molecule has 2 aliphatic heterocycles. The number of hydrogen-bond donors (Lipinski definition) is 0. The Morgan fingerprint density at radius 1 is 0.875 bits per heavy atom. The number of benzene rings is 3. The number of amides is 1. The molecule has 3 aromatic carbocycles. The topological polar surface area (TPSA) is 67.8 Å². The lowest BCUT2D eigenvalue weighted by Gasteiger charge is -2.36. The Labute approximate surface area is 235 Å². The van der Waals surface area contributed by atoms with Crippen molar-refractivity contribution in [2.45, 2.75) is 25.3 Å². The monoisotopic (exact) mass is 534 g/mol. The maximum absolute atomic E-state index is 14.2. The number of fused-ring (bicyclic) bond motifs is 1. The zero-order valence-electron chi connectivity index (χ0n) is 22.8. The molecule has 0 unspecified atom stereocenters. The van der Waals surface area contributed by atoms with Crippen LogP contribution in [0.25, 0.3) is 0 Å². The van der Waals surface area contributed by atoms with Crippen LogP contribution in [0.3, 0.4) is 0 Å². The van der Waals surface area contributed by atoms with Crippen molar-refractivity contribution >= 4 is 11.7 Å². The number of carbonyl (C=O) groups excluding carboxylic acids is 1. The first-order valence-electron chi connectivity index (χ1n) is 13.9. The van der Waals surface area contributed by atoms with Crippen LogP contribution in [0, 0.1) is 0 Å². The molecule has 4 aromatic rings. The Morgan fingerprint density at radius 2 is 1.52 bits per heavy atom. The maximum Gasteiger partial charge on any atom is 0.234 e. The summed E-state index contributed by atoms with van der Waals surface area (Å²) in [7, 11) is 1.69. The summed E-state index contributed by atoms with van der Waals surface area (Å²) in [4.78, 5) is 28.6. The highest BCUT2D eigenvalue weighted by Crippen LogP contribution is 2.33. The van der Waals surface area contributed by atoms with Crippen molar-refractivity contribution in [1.29, 1.82) is 0 Å². The van der Waals surface area contributed by atoms with Crippen LogP contribution in [0.1, 0.15) is 39.7 Å². The van der Waals surface area contributed by atoms with Crippen molar-refractivity contribution in [3.05, 3.63) is 119 Å². The fraction of sp³-hybridized carbons (Fsp3) is 0.303. The van der Waals surface area contributed by atoms with E-state index in [4.69, 9.17) is 19.4 Å². The second kappa shape index (κ2) is 11.9. The van der Waals surface area contributed by atoms with Crippen molar-refractivity contribution in [2.24, 2.45) is 0 Å². The van der Waals surface area contributed by atoms with Gasteiger partial charge in [-0.3, -0.25) is 4.79 Å². The second-order valence-electron chi connectivity index (χ2n) is 10.2. The van der Waals surface area contributed by atoms with E-state index in [9.17, 15) is 4.79 Å². The minimum absolute atomic E-state index is 0.106. The third-order valence-electron chi connectivity index (χ3n) is 7.76. The summed E-state index contributed by atoms with van der Waals surface area (Å²) in [5, 5.41) is 0. The number of nitrogens with zero attached hydrogens (tertiary/aromatic N) is 4. The molecule has 3 heterocycles. The van der Waals surface area contributed by atoms with E-state index in [0.717, 1.165) is 58.4 Å². The van der Waals surface area contributed by atoms with Gasteiger partial charge in [0.05, 0.1) is 38.5 Å². The predicted octanol–water partition coefficient (Wildman–Crippen LogP) is 4.63. The molecule has 2 aliphatic rings. The highest BCUT2D eigenvalue weighted by atomic mass is 16.5. The van der Waals surface area contributed by atoms with E-state index in [-0.39, 0.29) is 11.8 Å². The summed E-state index contributed by atoms with van der Waals surface area (Å²) >= 11 is 0. The number of methoxy groups -OCH3 is 1. The number of carbonyl (C=O) groups is 1. The highest BCUT2D eigenvalue weighted by Gasteiger charge is 2.33. The van der Waals surface area contributed by atoms with Crippen LogP contribution >= 0.6 is 0 Å². The molecule has 0 atom stereocenters. The average Bonchev–Trinajstić information content (AvgIpc) is 3.02. The van der Waals surface area contributed by atoms with E-state index in [1.165, 1.54) is 0 Å².